The number of nitrogens with one attached hydrogen (secondary N) is 1. The van der Waals surface area contributed by atoms with Gasteiger partial charge in [0, 0.05) is 13.1 Å². The topological polar surface area (TPSA) is 43.0 Å². The van der Waals surface area contributed by atoms with Crippen LogP contribution in [0.15, 0.2) is 24.3 Å². The minimum Gasteiger partial charge on any atom is -0.496 e. The molecule has 5 heteroatoms. The molecule has 0 fully saturated rings. The van der Waals surface area contributed by atoms with E-state index in [1.54, 1.807) is 14.2 Å². The highest BCUT2D eigenvalue weighted by Crippen LogP contribution is 2.39. The fourth-order valence-electron chi connectivity index (χ4n) is 4.03. The fourth-order valence-corrected chi connectivity index (χ4v) is 4.03. The molecule has 1 N–H and O–H groups in total. The number of hydrogen-bond acceptors (Lipinski definition) is 5. The monoisotopic (exact) mass is 398 g/mol. The Morgan fingerprint density at radius 2 is 1.72 bits per heavy atom. The van der Waals surface area contributed by atoms with Crippen LogP contribution in [-0.2, 0) is 6.42 Å². The molecular weight excluding hydrogens is 364 g/mol. The molecule has 2 aromatic rings. The lowest BCUT2D eigenvalue weighted by Crippen LogP contribution is -2.31. The van der Waals surface area contributed by atoms with Crippen LogP contribution in [0.5, 0.6) is 17.2 Å². The molecule has 3 rings (SSSR count). The Bertz CT molecular complexity index is 849. The average molecular weight is 399 g/mol. The van der Waals surface area contributed by atoms with E-state index in [0.29, 0.717) is 6.61 Å². The van der Waals surface area contributed by atoms with Gasteiger partial charge in [-0.15, -0.1) is 0 Å². The SMILES string of the molecule is COc1cc2c(cc1OCCCN(C)C)C(c1ccc(OC)c(C)c1C)NCC2. The van der Waals surface area contributed by atoms with E-state index in [4.69, 9.17) is 14.2 Å². The zero-order valence-electron chi connectivity index (χ0n) is 18.6. The standard InChI is InChI=1S/C24H34N2O3/c1-16-17(2)21(27-5)9-8-19(16)24-20-15-23(29-13-7-12-26(3)4)22(28-6)14-18(20)10-11-25-24/h8-9,14-15,24-25H,7,10-13H2,1-6H3. The van der Waals surface area contributed by atoms with Crippen molar-refractivity contribution in [1.82, 2.24) is 10.2 Å². The summed E-state index contributed by atoms with van der Waals surface area (Å²) in [4.78, 5) is 2.17. The number of benzene rings is 2. The summed E-state index contributed by atoms with van der Waals surface area (Å²) in [5.74, 6) is 2.57. The van der Waals surface area contributed by atoms with Gasteiger partial charge in [0.25, 0.3) is 0 Å². The molecule has 1 heterocycles. The Kier molecular flexibility index (Phi) is 7.04. The molecule has 1 aliphatic rings. The van der Waals surface area contributed by atoms with Gasteiger partial charge < -0.3 is 24.4 Å². The molecule has 5 nitrogen and oxygen atoms in total. The second-order valence-corrected chi connectivity index (χ2v) is 7.95. The maximum atomic E-state index is 6.12. The lowest BCUT2D eigenvalue weighted by atomic mass is 9.86. The first kappa shape index (κ1) is 21.5. The number of rotatable bonds is 8. The van der Waals surface area contributed by atoms with Crippen LogP contribution in [0.4, 0.5) is 0 Å². The van der Waals surface area contributed by atoms with Crippen LogP contribution in [-0.4, -0.2) is 52.9 Å². The molecule has 2 aromatic carbocycles. The van der Waals surface area contributed by atoms with Gasteiger partial charge in [0.15, 0.2) is 11.5 Å². The van der Waals surface area contributed by atoms with Crippen molar-refractivity contribution in [1.29, 1.82) is 0 Å². The Morgan fingerprint density at radius 3 is 2.41 bits per heavy atom. The van der Waals surface area contributed by atoms with Crippen LogP contribution in [0.25, 0.3) is 0 Å². The molecule has 0 spiro atoms. The summed E-state index contributed by atoms with van der Waals surface area (Å²) < 4.78 is 17.2. The van der Waals surface area contributed by atoms with E-state index in [-0.39, 0.29) is 6.04 Å². The Labute approximate surface area is 175 Å². The first-order valence-electron chi connectivity index (χ1n) is 10.3. The van der Waals surface area contributed by atoms with Crippen molar-refractivity contribution >= 4 is 0 Å². The van der Waals surface area contributed by atoms with Crippen LogP contribution >= 0.6 is 0 Å². The van der Waals surface area contributed by atoms with Gasteiger partial charge in [-0.3, -0.25) is 0 Å². The minimum absolute atomic E-state index is 0.137. The quantitative estimate of drug-likeness (QED) is 0.684. The summed E-state index contributed by atoms with van der Waals surface area (Å²) >= 11 is 0. The molecule has 1 unspecified atom stereocenters. The molecule has 158 valence electrons. The van der Waals surface area contributed by atoms with Crippen molar-refractivity contribution in [3.05, 3.63) is 52.1 Å². The van der Waals surface area contributed by atoms with Gasteiger partial charge >= 0.3 is 0 Å². The lowest BCUT2D eigenvalue weighted by molar-refractivity contribution is 0.267. The molecule has 1 atom stereocenters. The number of ether oxygens (including phenoxy) is 3. The highest BCUT2D eigenvalue weighted by Gasteiger charge is 2.26. The molecule has 0 aromatic heterocycles. The van der Waals surface area contributed by atoms with E-state index in [9.17, 15) is 0 Å². The third-order valence-electron chi connectivity index (χ3n) is 5.80. The number of nitrogens with zero attached hydrogens (tertiary/aromatic N) is 1. The number of hydrogen-bond donors (Lipinski definition) is 1. The average Bonchev–Trinajstić information content (AvgIpc) is 2.72. The van der Waals surface area contributed by atoms with Gasteiger partial charge in [0.05, 0.1) is 26.9 Å². The highest BCUT2D eigenvalue weighted by molar-refractivity contribution is 5.54. The number of methoxy groups -OCH3 is 2. The van der Waals surface area contributed by atoms with E-state index in [1.807, 2.05) is 0 Å². The zero-order valence-corrected chi connectivity index (χ0v) is 18.6. The van der Waals surface area contributed by atoms with Crippen molar-refractivity contribution in [3.63, 3.8) is 0 Å². The Morgan fingerprint density at radius 1 is 0.966 bits per heavy atom. The fraction of sp³-hybridized carbons (Fsp3) is 0.500. The first-order valence-corrected chi connectivity index (χ1v) is 10.3. The maximum absolute atomic E-state index is 6.12. The molecule has 0 saturated carbocycles. The maximum Gasteiger partial charge on any atom is 0.161 e. The summed E-state index contributed by atoms with van der Waals surface area (Å²) in [6.07, 6.45) is 1.96. The molecule has 0 amide bonds. The molecule has 0 bridgehead atoms. The predicted molar refractivity (Wildman–Crippen MR) is 118 cm³/mol. The van der Waals surface area contributed by atoms with E-state index >= 15 is 0 Å². The van der Waals surface area contributed by atoms with Crippen LogP contribution in [0, 0.1) is 13.8 Å². The third kappa shape index (κ3) is 4.68. The summed E-state index contributed by atoms with van der Waals surface area (Å²) in [6, 6.07) is 8.69. The Balaban J connectivity index is 1.94. The third-order valence-corrected chi connectivity index (χ3v) is 5.80. The van der Waals surface area contributed by atoms with Crippen molar-refractivity contribution in [2.75, 3.05) is 48.0 Å². The summed E-state index contributed by atoms with van der Waals surface area (Å²) in [7, 11) is 7.59. The zero-order chi connectivity index (χ0) is 21.0. The van der Waals surface area contributed by atoms with Crippen LogP contribution in [0.1, 0.15) is 40.3 Å². The van der Waals surface area contributed by atoms with Gasteiger partial charge in [0.2, 0.25) is 0 Å². The Hall–Kier alpha value is -2.24. The highest BCUT2D eigenvalue weighted by atomic mass is 16.5. The lowest BCUT2D eigenvalue weighted by Gasteiger charge is -2.30. The van der Waals surface area contributed by atoms with Crippen LogP contribution < -0.4 is 19.5 Å². The van der Waals surface area contributed by atoms with Crippen molar-refractivity contribution in [2.24, 2.45) is 0 Å². The summed E-state index contributed by atoms with van der Waals surface area (Å²) in [5, 5.41) is 3.70. The van der Waals surface area contributed by atoms with E-state index in [2.05, 4.69) is 62.4 Å². The smallest absolute Gasteiger partial charge is 0.161 e. The molecular formula is C24H34N2O3. The minimum atomic E-state index is 0.137. The van der Waals surface area contributed by atoms with Crippen LogP contribution in [0.2, 0.25) is 0 Å². The van der Waals surface area contributed by atoms with Gasteiger partial charge in [-0.1, -0.05) is 6.07 Å². The van der Waals surface area contributed by atoms with Crippen LogP contribution in [0.3, 0.4) is 0 Å². The normalized spacial score (nSPS) is 15.9. The summed E-state index contributed by atoms with van der Waals surface area (Å²) in [6.45, 7) is 6.91. The summed E-state index contributed by atoms with van der Waals surface area (Å²) in [5.41, 5.74) is 6.32. The molecule has 0 radical (unpaired) electrons. The van der Waals surface area contributed by atoms with E-state index in [0.717, 1.165) is 43.2 Å². The first-order chi connectivity index (χ1) is 14.0. The van der Waals surface area contributed by atoms with Gasteiger partial charge in [-0.05, 0) is 86.8 Å². The van der Waals surface area contributed by atoms with Crippen molar-refractivity contribution in [2.45, 2.75) is 32.7 Å². The number of fused-ring (bicyclic) bond motifs is 1. The van der Waals surface area contributed by atoms with Gasteiger partial charge in [0.1, 0.15) is 5.75 Å². The van der Waals surface area contributed by atoms with E-state index in [1.165, 1.54) is 27.8 Å². The second kappa shape index (κ2) is 9.51. The van der Waals surface area contributed by atoms with Gasteiger partial charge in [-0.2, -0.15) is 0 Å². The molecule has 0 aliphatic carbocycles. The largest absolute Gasteiger partial charge is 0.496 e. The molecule has 29 heavy (non-hydrogen) atoms. The predicted octanol–water partition coefficient (Wildman–Crippen LogP) is 3.89. The van der Waals surface area contributed by atoms with Crippen molar-refractivity contribution < 1.29 is 14.2 Å². The molecule has 1 aliphatic heterocycles. The van der Waals surface area contributed by atoms with E-state index < -0.39 is 0 Å². The van der Waals surface area contributed by atoms with Crippen molar-refractivity contribution in [3.8, 4) is 17.2 Å². The second-order valence-electron chi connectivity index (χ2n) is 7.95. The molecule has 0 saturated heterocycles. The van der Waals surface area contributed by atoms with Gasteiger partial charge in [-0.25, -0.2) is 0 Å².